The summed E-state index contributed by atoms with van der Waals surface area (Å²) >= 11 is 0. The van der Waals surface area contributed by atoms with Gasteiger partial charge < -0.3 is 11.1 Å². The first-order chi connectivity index (χ1) is 8.46. The Kier molecular flexibility index (Phi) is 2.28. The van der Waals surface area contributed by atoms with E-state index in [4.69, 9.17) is 5.73 Å². The summed E-state index contributed by atoms with van der Waals surface area (Å²) in [6.07, 6.45) is 0. The molecule has 6 nitrogen and oxygen atoms in total. The molecule has 0 saturated carbocycles. The molecule has 0 bridgehead atoms. The molecule has 2 fully saturated rings. The first-order valence-electron chi connectivity index (χ1n) is 5.62. The van der Waals surface area contributed by atoms with Crippen molar-refractivity contribution in [2.45, 2.75) is 12.1 Å². The number of sulfone groups is 1. The zero-order valence-electron chi connectivity index (χ0n) is 9.54. The second kappa shape index (κ2) is 3.61. The predicted octanol–water partition coefficient (Wildman–Crippen LogP) is -0.0360. The van der Waals surface area contributed by atoms with Gasteiger partial charge in [0, 0.05) is 11.4 Å². The summed E-state index contributed by atoms with van der Waals surface area (Å²) in [5.41, 5.74) is 6.87. The molecule has 0 aromatic heterocycles. The Morgan fingerprint density at radius 2 is 1.89 bits per heavy atom. The van der Waals surface area contributed by atoms with Crippen molar-refractivity contribution in [3.63, 3.8) is 0 Å². The molecule has 0 aliphatic carbocycles. The van der Waals surface area contributed by atoms with Crippen LogP contribution < -0.4 is 16.0 Å². The normalized spacial score (nSPS) is 29.1. The molecule has 1 aromatic carbocycles. The highest BCUT2D eigenvalue weighted by atomic mass is 32.2. The maximum Gasteiger partial charge on any atom is 0.322 e. The molecule has 2 aliphatic heterocycles. The van der Waals surface area contributed by atoms with E-state index < -0.39 is 9.84 Å². The van der Waals surface area contributed by atoms with Crippen LogP contribution in [0.15, 0.2) is 24.3 Å². The number of nitrogens with two attached hydrogens (primary N) is 1. The second-order valence-electron chi connectivity index (χ2n) is 4.66. The first kappa shape index (κ1) is 11.3. The summed E-state index contributed by atoms with van der Waals surface area (Å²) in [6, 6.07) is 5.97. The molecule has 18 heavy (non-hydrogen) atoms. The lowest BCUT2D eigenvalue weighted by molar-refractivity contribution is 0.251. The topological polar surface area (TPSA) is 92.5 Å². The number of rotatable bonds is 1. The van der Waals surface area contributed by atoms with Crippen LogP contribution in [0, 0.1) is 0 Å². The minimum atomic E-state index is -3.06. The second-order valence-corrected chi connectivity index (χ2v) is 6.82. The zero-order valence-corrected chi connectivity index (χ0v) is 10.4. The average Bonchev–Trinajstić information content (AvgIpc) is 2.70. The number of benzene rings is 1. The molecule has 0 unspecified atom stereocenters. The number of nitrogens with zero attached hydrogens (tertiary/aromatic N) is 1. The molecular formula is C11H13N3O3S. The summed E-state index contributed by atoms with van der Waals surface area (Å²) in [5, 5.41) is 2.71. The van der Waals surface area contributed by atoms with Gasteiger partial charge in [-0.1, -0.05) is 0 Å². The fraction of sp³-hybridized carbons (Fsp3) is 0.364. The van der Waals surface area contributed by atoms with E-state index in [0.29, 0.717) is 11.4 Å². The predicted molar refractivity (Wildman–Crippen MR) is 68.1 cm³/mol. The van der Waals surface area contributed by atoms with Crippen molar-refractivity contribution < 1.29 is 13.2 Å². The van der Waals surface area contributed by atoms with Crippen LogP contribution in [-0.4, -0.2) is 38.0 Å². The summed E-state index contributed by atoms with van der Waals surface area (Å²) in [7, 11) is -3.06. The van der Waals surface area contributed by atoms with E-state index in [1.165, 1.54) is 4.90 Å². The Morgan fingerprint density at radius 1 is 1.22 bits per heavy atom. The summed E-state index contributed by atoms with van der Waals surface area (Å²) in [4.78, 5) is 13.4. The van der Waals surface area contributed by atoms with Crippen molar-refractivity contribution in [3.8, 4) is 0 Å². The van der Waals surface area contributed by atoms with Gasteiger partial charge in [0.1, 0.15) is 0 Å². The van der Waals surface area contributed by atoms with Gasteiger partial charge in [-0.15, -0.1) is 0 Å². The van der Waals surface area contributed by atoms with Crippen LogP contribution in [0.5, 0.6) is 0 Å². The quantitative estimate of drug-likeness (QED) is 0.552. The zero-order chi connectivity index (χ0) is 12.9. The monoisotopic (exact) mass is 267 g/mol. The van der Waals surface area contributed by atoms with E-state index in [9.17, 15) is 13.2 Å². The van der Waals surface area contributed by atoms with Crippen LogP contribution in [0.2, 0.25) is 0 Å². The number of carbonyl (C=O) groups is 1. The molecule has 2 saturated heterocycles. The highest BCUT2D eigenvalue weighted by Gasteiger charge is 2.49. The third-order valence-electron chi connectivity index (χ3n) is 3.35. The van der Waals surface area contributed by atoms with Crippen LogP contribution >= 0.6 is 0 Å². The SMILES string of the molecule is Nc1ccc(N2C(=O)N[C@@H]3CS(=O)(=O)C[C@H]32)cc1. The highest BCUT2D eigenvalue weighted by Crippen LogP contribution is 2.29. The van der Waals surface area contributed by atoms with E-state index in [-0.39, 0.29) is 29.6 Å². The molecule has 96 valence electrons. The number of fused-ring (bicyclic) bond motifs is 1. The van der Waals surface area contributed by atoms with Gasteiger partial charge in [0.15, 0.2) is 9.84 Å². The Bertz CT molecular complexity index is 596. The lowest BCUT2D eigenvalue weighted by atomic mass is 10.1. The molecule has 3 N–H and O–H groups in total. The fourth-order valence-corrected chi connectivity index (χ4v) is 4.43. The maximum atomic E-state index is 11.9. The molecular weight excluding hydrogens is 254 g/mol. The van der Waals surface area contributed by atoms with Gasteiger partial charge in [0.25, 0.3) is 0 Å². The summed E-state index contributed by atoms with van der Waals surface area (Å²) in [6.45, 7) is 0. The standard InChI is InChI=1S/C11H13N3O3S/c12-7-1-3-8(4-2-7)14-10-6-18(16,17)5-9(10)13-11(14)15/h1-4,9-10H,5-6,12H2,(H,13,15)/t9-,10-/m1/s1. The number of carbonyl (C=O) groups excluding carboxylic acids is 1. The van der Waals surface area contributed by atoms with Crippen molar-refractivity contribution in [3.05, 3.63) is 24.3 Å². The smallest absolute Gasteiger partial charge is 0.322 e. The van der Waals surface area contributed by atoms with Gasteiger partial charge in [0.05, 0.1) is 23.6 Å². The molecule has 2 atom stereocenters. The minimum absolute atomic E-state index is 0.0147. The van der Waals surface area contributed by atoms with E-state index in [1.807, 2.05) is 0 Å². The van der Waals surface area contributed by atoms with Crippen LogP contribution in [-0.2, 0) is 9.84 Å². The third-order valence-corrected chi connectivity index (χ3v) is 5.07. The van der Waals surface area contributed by atoms with Crippen molar-refractivity contribution >= 4 is 27.2 Å². The van der Waals surface area contributed by atoms with Gasteiger partial charge in [-0.3, -0.25) is 4.90 Å². The fourth-order valence-electron chi connectivity index (χ4n) is 2.54. The van der Waals surface area contributed by atoms with Crippen molar-refractivity contribution in [2.75, 3.05) is 22.1 Å². The number of nitrogen functional groups attached to an aromatic ring is 1. The Balaban J connectivity index is 1.96. The molecule has 7 heteroatoms. The van der Waals surface area contributed by atoms with Gasteiger partial charge in [0.2, 0.25) is 0 Å². The first-order valence-corrected chi connectivity index (χ1v) is 7.44. The van der Waals surface area contributed by atoms with Gasteiger partial charge >= 0.3 is 6.03 Å². The highest BCUT2D eigenvalue weighted by molar-refractivity contribution is 7.91. The number of anilines is 2. The Morgan fingerprint density at radius 3 is 2.56 bits per heavy atom. The number of urea groups is 1. The van der Waals surface area contributed by atoms with E-state index in [1.54, 1.807) is 24.3 Å². The Labute approximate surface area is 105 Å². The molecule has 2 amide bonds. The number of amides is 2. The minimum Gasteiger partial charge on any atom is -0.399 e. The lowest BCUT2D eigenvalue weighted by Crippen LogP contribution is -2.36. The molecule has 2 heterocycles. The maximum absolute atomic E-state index is 11.9. The lowest BCUT2D eigenvalue weighted by Gasteiger charge is -2.21. The summed E-state index contributed by atoms with van der Waals surface area (Å²) in [5.74, 6) is 0.0374. The van der Waals surface area contributed by atoms with Crippen molar-refractivity contribution in [2.24, 2.45) is 0 Å². The Hall–Kier alpha value is -1.76. The van der Waals surface area contributed by atoms with E-state index >= 15 is 0 Å². The molecule has 2 aliphatic rings. The van der Waals surface area contributed by atoms with Crippen LogP contribution in [0.25, 0.3) is 0 Å². The molecule has 1 aromatic rings. The van der Waals surface area contributed by atoms with E-state index in [2.05, 4.69) is 5.32 Å². The van der Waals surface area contributed by atoms with Gasteiger partial charge in [-0.05, 0) is 24.3 Å². The van der Waals surface area contributed by atoms with Crippen LogP contribution in [0.3, 0.4) is 0 Å². The number of hydrogen-bond donors (Lipinski definition) is 2. The van der Waals surface area contributed by atoms with Crippen molar-refractivity contribution in [1.82, 2.24) is 5.32 Å². The largest absolute Gasteiger partial charge is 0.399 e. The van der Waals surface area contributed by atoms with Crippen molar-refractivity contribution in [1.29, 1.82) is 0 Å². The van der Waals surface area contributed by atoms with Crippen LogP contribution in [0.4, 0.5) is 16.2 Å². The molecule has 0 radical (unpaired) electrons. The summed E-state index contributed by atoms with van der Waals surface area (Å²) < 4.78 is 23.2. The van der Waals surface area contributed by atoms with E-state index in [0.717, 1.165) is 0 Å². The third kappa shape index (κ3) is 1.71. The van der Waals surface area contributed by atoms with Gasteiger partial charge in [-0.25, -0.2) is 13.2 Å². The number of hydrogen-bond acceptors (Lipinski definition) is 4. The van der Waals surface area contributed by atoms with Crippen LogP contribution in [0.1, 0.15) is 0 Å². The van der Waals surface area contributed by atoms with Gasteiger partial charge in [-0.2, -0.15) is 0 Å². The number of nitrogens with one attached hydrogen (secondary N) is 1. The molecule has 0 spiro atoms. The average molecular weight is 267 g/mol. The molecule has 3 rings (SSSR count).